The Balaban J connectivity index is 2.01. The minimum atomic E-state index is -0.800. The van der Waals surface area contributed by atoms with E-state index in [0.29, 0.717) is 18.5 Å². The van der Waals surface area contributed by atoms with Gasteiger partial charge in [-0.2, -0.15) is 0 Å². The van der Waals surface area contributed by atoms with Crippen molar-refractivity contribution < 1.29 is 9.90 Å². The molecule has 0 aromatic carbocycles. The number of carbonyl (C=O) groups is 1. The monoisotopic (exact) mass is 240 g/mol. The van der Waals surface area contributed by atoms with Gasteiger partial charge in [-0.25, -0.2) is 4.79 Å². The quantitative estimate of drug-likeness (QED) is 0.498. The van der Waals surface area contributed by atoms with Gasteiger partial charge >= 0.3 is 5.97 Å². The Morgan fingerprint density at radius 3 is 2.71 bits per heavy atom. The first-order valence-corrected chi connectivity index (χ1v) is 6.59. The van der Waals surface area contributed by atoms with Gasteiger partial charge in [-0.3, -0.25) is 0 Å². The molecule has 2 N–H and O–H groups in total. The lowest BCUT2D eigenvalue weighted by atomic mass is 10.2. The summed E-state index contributed by atoms with van der Waals surface area (Å²) in [5, 5.41) is 12.1. The third kappa shape index (κ3) is 5.84. The highest BCUT2D eigenvalue weighted by Crippen LogP contribution is 2.06. The molecule has 1 saturated heterocycles. The third-order valence-electron chi connectivity index (χ3n) is 3.17. The van der Waals surface area contributed by atoms with Crippen molar-refractivity contribution in [2.45, 2.75) is 32.6 Å². The second-order valence-corrected chi connectivity index (χ2v) is 4.49. The summed E-state index contributed by atoms with van der Waals surface area (Å²) in [5.74, 6) is -0.800. The topological polar surface area (TPSA) is 52.6 Å². The zero-order valence-electron chi connectivity index (χ0n) is 10.7. The van der Waals surface area contributed by atoms with E-state index in [-0.39, 0.29) is 0 Å². The van der Waals surface area contributed by atoms with Crippen LogP contribution in [0.3, 0.4) is 0 Å². The molecule has 0 aliphatic carbocycles. The Labute approximate surface area is 104 Å². The molecule has 1 aliphatic rings. The molecule has 0 bridgehead atoms. The largest absolute Gasteiger partial charge is 0.478 e. The second kappa shape index (κ2) is 8.25. The van der Waals surface area contributed by atoms with Crippen molar-refractivity contribution in [1.29, 1.82) is 0 Å². The molecule has 0 aromatic rings. The Hall–Kier alpha value is -0.870. The van der Waals surface area contributed by atoms with Crippen LogP contribution in [0.5, 0.6) is 0 Å². The number of rotatable bonds is 8. The first-order valence-electron chi connectivity index (χ1n) is 6.59. The summed E-state index contributed by atoms with van der Waals surface area (Å²) < 4.78 is 0. The van der Waals surface area contributed by atoms with E-state index in [2.05, 4.69) is 10.2 Å². The minimum absolute atomic E-state index is 0.497. The van der Waals surface area contributed by atoms with Gasteiger partial charge < -0.3 is 15.3 Å². The fraction of sp³-hybridized carbons (Fsp3) is 0.769. The fourth-order valence-corrected chi connectivity index (χ4v) is 2.11. The first-order chi connectivity index (χ1) is 8.24. The van der Waals surface area contributed by atoms with Gasteiger partial charge in [0.05, 0.1) is 0 Å². The SMILES string of the molecule is CCC(=CCNCCCN1CCCC1)C(=O)O. The highest BCUT2D eigenvalue weighted by atomic mass is 16.4. The summed E-state index contributed by atoms with van der Waals surface area (Å²) in [5.41, 5.74) is 0.497. The summed E-state index contributed by atoms with van der Waals surface area (Å²) in [6.45, 7) is 7.15. The van der Waals surface area contributed by atoms with Gasteiger partial charge in [-0.05, 0) is 51.9 Å². The smallest absolute Gasteiger partial charge is 0.331 e. The van der Waals surface area contributed by atoms with Gasteiger partial charge in [0.25, 0.3) is 0 Å². The molecule has 4 nitrogen and oxygen atoms in total. The van der Waals surface area contributed by atoms with Crippen LogP contribution in [-0.4, -0.2) is 48.7 Å². The standard InChI is InChI=1S/C13H24N2O2/c1-2-12(13(16)17)6-8-14-7-5-11-15-9-3-4-10-15/h6,14H,2-5,7-11H2,1H3,(H,16,17). The molecular weight excluding hydrogens is 216 g/mol. The van der Waals surface area contributed by atoms with E-state index in [4.69, 9.17) is 5.11 Å². The Morgan fingerprint density at radius 2 is 2.12 bits per heavy atom. The van der Waals surface area contributed by atoms with Gasteiger partial charge in [0.1, 0.15) is 0 Å². The number of carboxylic acids is 1. The van der Waals surface area contributed by atoms with Crippen molar-refractivity contribution in [2.75, 3.05) is 32.7 Å². The molecule has 0 spiro atoms. The lowest BCUT2D eigenvalue weighted by Gasteiger charge is -2.13. The number of carboxylic acid groups (broad SMARTS) is 1. The van der Waals surface area contributed by atoms with Crippen molar-refractivity contribution in [3.63, 3.8) is 0 Å². The van der Waals surface area contributed by atoms with Crippen molar-refractivity contribution in [3.05, 3.63) is 11.6 Å². The van der Waals surface area contributed by atoms with Crippen LogP contribution < -0.4 is 5.32 Å². The maximum Gasteiger partial charge on any atom is 0.331 e. The number of nitrogens with zero attached hydrogens (tertiary/aromatic N) is 1. The maximum atomic E-state index is 10.7. The zero-order chi connectivity index (χ0) is 12.5. The molecule has 0 amide bonds. The average Bonchev–Trinajstić information content (AvgIpc) is 2.80. The summed E-state index contributed by atoms with van der Waals surface area (Å²) in [6, 6.07) is 0. The van der Waals surface area contributed by atoms with Crippen molar-refractivity contribution >= 4 is 5.97 Å². The van der Waals surface area contributed by atoms with Gasteiger partial charge in [0.15, 0.2) is 0 Å². The lowest BCUT2D eigenvalue weighted by molar-refractivity contribution is -0.132. The van der Waals surface area contributed by atoms with Crippen molar-refractivity contribution in [2.24, 2.45) is 0 Å². The number of likely N-dealkylation sites (tertiary alicyclic amines) is 1. The van der Waals surface area contributed by atoms with Crippen molar-refractivity contribution in [3.8, 4) is 0 Å². The Kier molecular flexibility index (Phi) is 6.89. The maximum absolute atomic E-state index is 10.7. The van der Waals surface area contributed by atoms with Crippen LogP contribution in [0.4, 0.5) is 0 Å². The molecular formula is C13H24N2O2. The van der Waals surface area contributed by atoms with E-state index in [9.17, 15) is 4.79 Å². The van der Waals surface area contributed by atoms with Crippen LogP contribution in [-0.2, 0) is 4.79 Å². The van der Waals surface area contributed by atoms with Gasteiger partial charge in [0.2, 0.25) is 0 Å². The average molecular weight is 240 g/mol. The number of nitrogens with one attached hydrogen (secondary N) is 1. The van der Waals surface area contributed by atoms with E-state index in [1.807, 2.05) is 6.92 Å². The molecule has 1 rings (SSSR count). The van der Waals surface area contributed by atoms with Gasteiger partial charge in [-0.15, -0.1) is 0 Å². The van der Waals surface area contributed by atoms with Gasteiger partial charge in [-0.1, -0.05) is 13.0 Å². The Bertz CT molecular complexity index is 258. The zero-order valence-corrected chi connectivity index (χ0v) is 10.7. The summed E-state index contributed by atoms with van der Waals surface area (Å²) in [7, 11) is 0. The molecule has 0 radical (unpaired) electrons. The summed E-state index contributed by atoms with van der Waals surface area (Å²) in [6.07, 6.45) is 6.19. The van der Waals surface area contributed by atoms with Gasteiger partial charge in [0, 0.05) is 12.1 Å². The molecule has 1 aliphatic heterocycles. The molecule has 17 heavy (non-hydrogen) atoms. The molecule has 1 heterocycles. The highest BCUT2D eigenvalue weighted by Gasteiger charge is 2.09. The van der Waals surface area contributed by atoms with Crippen LogP contribution in [0.25, 0.3) is 0 Å². The fourth-order valence-electron chi connectivity index (χ4n) is 2.11. The molecule has 0 saturated carbocycles. The molecule has 1 fully saturated rings. The van der Waals surface area contributed by atoms with E-state index in [1.165, 1.54) is 25.9 Å². The second-order valence-electron chi connectivity index (χ2n) is 4.49. The van der Waals surface area contributed by atoms with E-state index in [0.717, 1.165) is 19.5 Å². The molecule has 4 heteroatoms. The summed E-state index contributed by atoms with van der Waals surface area (Å²) >= 11 is 0. The third-order valence-corrected chi connectivity index (χ3v) is 3.17. The molecule has 0 aromatic heterocycles. The predicted molar refractivity (Wildman–Crippen MR) is 69.2 cm³/mol. The van der Waals surface area contributed by atoms with Crippen LogP contribution in [0.2, 0.25) is 0 Å². The van der Waals surface area contributed by atoms with Crippen LogP contribution >= 0.6 is 0 Å². The number of hydrogen-bond acceptors (Lipinski definition) is 3. The van der Waals surface area contributed by atoms with Crippen molar-refractivity contribution in [1.82, 2.24) is 10.2 Å². The minimum Gasteiger partial charge on any atom is -0.478 e. The van der Waals surface area contributed by atoms with E-state index in [1.54, 1.807) is 6.08 Å². The molecule has 0 unspecified atom stereocenters. The predicted octanol–water partition coefficient (Wildman–Crippen LogP) is 1.48. The normalized spacial score (nSPS) is 17.6. The summed E-state index contributed by atoms with van der Waals surface area (Å²) in [4.78, 5) is 13.2. The van der Waals surface area contributed by atoms with E-state index >= 15 is 0 Å². The first kappa shape index (κ1) is 14.2. The van der Waals surface area contributed by atoms with E-state index < -0.39 is 5.97 Å². The highest BCUT2D eigenvalue weighted by molar-refractivity contribution is 5.86. The molecule has 98 valence electrons. The molecule has 0 atom stereocenters. The lowest BCUT2D eigenvalue weighted by Crippen LogP contribution is -2.25. The number of aliphatic carboxylic acids is 1. The van der Waals surface area contributed by atoms with Crippen LogP contribution in [0.1, 0.15) is 32.6 Å². The van der Waals surface area contributed by atoms with Crippen LogP contribution in [0.15, 0.2) is 11.6 Å². The Morgan fingerprint density at radius 1 is 1.41 bits per heavy atom. The van der Waals surface area contributed by atoms with Crippen LogP contribution in [0, 0.1) is 0 Å². The number of hydrogen-bond donors (Lipinski definition) is 2.